The molecule has 0 saturated carbocycles. The highest BCUT2D eigenvalue weighted by molar-refractivity contribution is 5.95. The van der Waals surface area contributed by atoms with Crippen molar-refractivity contribution >= 4 is 11.6 Å². The van der Waals surface area contributed by atoms with Crippen LogP contribution in [0, 0.1) is 5.92 Å². The van der Waals surface area contributed by atoms with Crippen molar-refractivity contribution in [2.45, 2.75) is 32.5 Å². The van der Waals surface area contributed by atoms with Gasteiger partial charge >= 0.3 is 6.18 Å². The van der Waals surface area contributed by atoms with E-state index in [0.29, 0.717) is 12.5 Å². The van der Waals surface area contributed by atoms with Crippen LogP contribution in [-0.2, 0) is 6.18 Å². The second-order valence-electron chi connectivity index (χ2n) is 5.45. The molecule has 1 aliphatic rings. The van der Waals surface area contributed by atoms with Gasteiger partial charge in [0.05, 0.1) is 5.56 Å². The Morgan fingerprint density at radius 1 is 1.35 bits per heavy atom. The highest BCUT2D eigenvalue weighted by Crippen LogP contribution is 2.34. The molecule has 1 amide bonds. The van der Waals surface area contributed by atoms with Gasteiger partial charge in [-0.15, -0.1) is 0 Å². The number of nitrogens with zero attached hydrogens (tertiary/aromatic N) is 1. The van der Waals surface area contributed by atoms with E-state index in [9.17, 15) is 18.0 Å². The number of alkyl halides is 3. The van der Waals surface area contributed by atoms with Crippen molar-refractivity contribution in [3.63, 3.8) is 0 Å². The number of rotatable bonds is 1. The van der Waals surface area contributed by atoms with Crippen molar-refractivity contribution in [1.82, 2.24) is 4.90 Å². The van der Waals surface area contributed by atoms with Gasteiger partial charge in [0.1, 0.15) is 0 Å². The Balaban J connectivity index is 2.32. The predicted molar refractivity (Wildman–Crippen MR) is 70.1 cm³/mol. The van der Waals surface area contributed by atoms with Crippen LogP contribution in [0.4, 0.5) is 18.9 Å². The molecule has 0 radical (unpaired) electrons. The number of likely N-dealkylation sites (tertiary alicyclic amines) is 1. The second-order valence-corrected chi connectivity index (χ2v) is 5.45. The molecule has 2 atom stereocenters. The van der Waals surface area contributed by atoms with Crippen LogP contribution in [-0.4, -0.2) is 23.4 Å². The molecule has 1 aliphatic heterocycles. The summed E-state index contributed by atoms with van der Waals surface area (Å²) in [7, 11) is 0. The molecule has 110 valence electrons. The highest BCUT2D eigenvalue weighted by Gasteiger charge is 2.35. The first-order valence-corrected chi connectivity index (χ1v) is 6.48. The normalized spacial score (nSPS) is 23.1. The van der Waals surface area contributed by atoms with Gasteiger partial charge in [-0.2, -0.15) is 13.2 Å². The maximum absolute atomic E-state index is 12.8. The first kappa shape index (κ1) is 14.7. The summed E-state index contributed by atoms with van der Waals surface area (Å²) < 4.78 is 38.4. The number of benzene rings is 1. The maximum atomic E-state index is 12.8. The summed E-state index contributed by atoms with van der Waals surface area (Å²) >= 11 is 0. The lowest BCUT2D eigenvalue weighted by Crippen LogP contribution is -2.34. The summed E-state index contributed by atoms with van der Waals surface area (Å²) in [6, 6.07) is 3.38. The molecular weight excluding hydrogens is 269 g/mol. The number of amides is 1. The molecule has 20 heavy (non-hydrogen) atoms. The van der Waals surface area contributed by atoms with Crippen LogP contribution >= 0.6 is 0 Å². The van der Waals surface area contributed by atoms with Gasteiger partial charge in [-0.1, -0.05) is 6.92 Å². The number of halogens is 3. The summed E-state index contributed by atoms with van der Waals surface area (Å²) in [6.45, 7) is 4.50. The smallest absolute Gasteiger partial charge is 0.398 e. The topological polar surface area (TPSA) is 46.3 Å². The third kappa shape index (κ3) is 2.73. The minimum Gasteiger partial charge on any atom is -0.398 e. The van der Waals surface area contributed by atoms with E-state index < -0.39 is 11.7 Å². The minimum absolute atomic E-state index is 0.0347. The zero-order valence-corrected chi connectivity index (χ0v) is 11.4. The van der Waals surface area contributed by atoms with Gasteiger partial charge in [0.25, 0.3) is 5.91 Å². The van der Waals surface area contributed by atoms with E-state index in [-0.39, 0.29) is 23.2 Å². The zero-order valence-electron chi connectivity index (χ0n) is 11.4. The van der Waals surface area contributed by atoms with Crippen LogP contribution in [0.3, 0.4) is 0 Å². The molecule has 2 rings (SSSR count). The molecule has 1 aromatic rings. The predicted octanol–water partition coefficient (Wildman–Crippen LogP) is 3.16. The van der Waals surface area contributed by atoms with Crippen molar-refractivity contribution in [2.75, 3.05) is 12.3 Å². The largest absolute Gasteiger partial charge is 0.418 e. The first-order chi connectivity index (χ1) is 9.20. The van der Waals surface area contributed by atoms with Gasteiger partial charge in [-0.3, -0.25) is 4.79 Å². The Morgan fingerprint density at radius 2 is 2.00 bits per heavy atom. The molecular formula is C14H17F3N2O. The summed E-state index contributed by atoms with van der Waals surface area (Å²) in [5.74, 6) is -0.00262. The average Bonchev–Trinajstić information content (AvgIpc) is 2.66. The monoisotopic (exact) mass is 286 g/mol. The quantitative estimate of drug-likeness (QED) is 0.806. The molecule has 6 heteroatoms. The second kappa shape index (κ2) is 5.00. The van der Waals surface area contributed by atoms with Crippen molar-refractivity contribution in [3.8, 4) is 0 Å². The lowest BCUT2D eigenvalue weighted by Gasteiger charge is -2.22. The summed E-state index contributed by atoms with van der Waals surface area (Å²) in [6.07, 6.45) is -3.68. The molecule has 3 nitrogen and oxygen atoms in total. The Hall–Kier alpha value is -1.72. The lowest BCUT2D eigenvalue weighted by atomic mass is 10.1. The van der Waals surface area contributed by atoms with Gasteiger partial charge in [-0.25, -0.2) is 0 Å². The maximum Gasteiger partial charge on any atom is 0.418 e. The van der Waals surface area contributed by atoms with Gasteiger partial charge in [-0.05, 0) is 37.5 Å². The Kier molecular flexibility index (Phi) is 3.67. The van der Waals surface area contributed by atoms with Crippen molar-refractivity contribution in [1.29, 1.82) is 0 Å². The fraction of sp³-hybridized carbons (Fsp3) is 0.500. The zero-order chi connectivity index (χ0) is 15.1. The molecule has 0 aromatic heterocycles. The fourth-order valence-electron chi connectivity index (χ4n) is 2.68. The van der Waals surface area contributed by atoms with Crippen LogP contribution in [0.15, 0.2) is 18.2 Å². The number of anilines is 1. The molecule has 0 spiro atoms. The summed E-state index contributed by atoms with van der Waals surface area (Å²) in [5, 5.41) is 0. The number of carbonyl (C=O) groups excluding carboxylic acids is 1. The number of carbonyl (C=O) groups is 1. The molecule has 1 fully saturated rings. The van der Waals surface area contributed by atoms with Crippen LogP contribution in [0.2, 0.25) is 0 Å². The van der Waals surface area contributed by atoms with Crippen LogP contribution in [0.1, 0.15) is 36.2 Å². The van der Waals surface area contributed by atoms with E-state index in [1.807, 2.05) is 13.8 Å². The molecule has 1 saturated heterocycles. The van der Waals surface area contributed by atoms with Crippen LogP contribution in [0.5, 0.6) is 0 Å². The third-order valence-electron chi connectivity index (χ3n) is 3.65. The van der Waals surface area contributed by atoms with E-state index in [1.165, 1.54) is 6.07 Å². The van der Waals surface area contributed by atoms with Crippen molar-refractivity contribution in [2.24, 2.45) is 5.92 Å². The van der Waals surface area contributed by atoms with Crippen LogP contribution < -0.4 is 5.73 Å². The highest BCUT2D eigenvalue weighted by atomic mass is 19.4. The number of hydrogen-bond donors (Lipinski definition) is 1. The number of nitrogens with two attached hydrogens (primary N) is 1. The number of nitrogen functional groups attached to an aromatic ring is 1. The van der Waals surface area contributed by atoms with Gasteiger partial charge in [0.15, 0.2) is 0 Å². The van der Waals surface area contributed by atoms with E-state index in [0.717, 1.165) is 18.6 Å². The fourth-order valence-corrected chi connectivity index (χ4v) is 2.68. The Bertz CT molecular complexity index is 528. The van der Waals surface area contributed by atoms with E-state index >= 15 is 0 Å². The van der Waals surface area contributed by atoms with Crippen molar-refractivity contribution < 1.29 is 18.0 Å². The summed E-state index contributed by atoms with van der Waals surface area (Å²) in [5.41, 5.74) is 4.05. The lowest BCUT2D eigenvalue weighted by molar-refractivity contribution is -0.136. The minimum atomic E-state index is -4.55. The first-order valence-electron chi connectivity index (χ1n) is 6.48. The van der Waals surface area contributed by atoms with E-state index in [4.69, 9.17) is 5.73 Å². The SMILES string of the molecule is CC1CC(C)N(C(=O)c2ccc(N)c(C(F)(F)F)c2)C1. The van der Waals surface area contributed by atoms with Crippen LogP contribution in [0.25, 0.3) is 0 Å². The molecule has 2 unspecified atom stereocenters. The average molecular weight is 286 g/mol. The van der Waals surface area contributed by atoms with Gasteiger partial charge in [0, 0.05) is 23.8 Å². The molecule has 0 aliphatic carbocycles. The molecule has 1 heterocycles. The van der Waals surface area contributed by atoms with Crippen molar-refractivity contribution in [3.05, 3.63) is 29.3 Å². The van der Waals surface area contributed by atoms with E-state index in [2.05, 4.69) is 0 Å². The molecule has 1 aromatic carbocycles. The number of hydrogen-bond acceptors (Lipinski definition) is 2. The Morgan fingerprint density at radius 3 is 2.50 bits per heavy atom. The Labute approximate surface area is 115 Å². The van der Waals surface area contributed by atoms with E-state index in [1.54, 1.807) is 4.90 Å². The standard InChI is InChI=1S/C14H17F3N2O/c1-8-5-9(2)19(7-8)13(20)10-3-4-12(18)11(6-10)14(15,16)17/h3-4,6,8-9H,5,7,18H2,1-2H3. The third-order valence-corrected chi connectivity index (χ3v) is 3.65. The van der Waals surface area contributed by atoms with Gasteiger partial charge < -0.3 is 10.6 Å². The summed E-state index contributed by atoms with van der Waals surface area (Å²) in [4.78, 5) is 13.9. The molecule has 2 N–H and O–H groups in total. The van der Waals surface area contributed by atoms with Gasteiger partial charge in [0.2, 0.25) is 0 Å². The molecule has 0 bridgehead atoms.